The number of nitrogens with zero attached hydrogens (tertiary/aromatic N) is 2. The minimum Gasteiger partial charge on any atom is -0.330 e. The molecule has 2 atom stereocenters. The Labute approximate surface area is 117 Å². The summed E-state index contributed by atoms with van der Waals surface area (Å²) in [5.74, 6) is 0.443. The number of hydrogen-bond donors (Lipinski definition) is 1. The number of benzene rings is 1. The predicted molar refractivity (Wildman–Crippen MR) is 81.4 cm³/mol. The number of likely N-dealkylation sites (N-methyl/N-ethyl adjacent to an activating group) is 2. The van der Waals surface area contributed by atoms with Gasteiger partial charge in [0, 0.05) is 31.6 Å². The van der Waals surface area contributed by atoms with Crippen LogP contribution in [0, 0.1) is 0 Å². The topological polar surface area (TPSA) is 32.5 Å². The van der Waals surface area contributed by atoms with Crippen molar-refractivity contribution >= 4 is 0 Å². The van der Waals surface area contributed by atoms with E-state index >= 15 is 0 Å². The van der Waals surface area contributed by atoms with Crippen molar-refractivity contribution in [1.29, 1.82) is 0 Å². The molecule has 1 fully saturated rings. The van der Waals surface area contributed by atoms with Crippen LogP contribution >= 0.6 is 0 Å². The number of nitrogens with two attached hydrogens (primary N) is 1. The van der Waals surface area contributed by atoms with Gasteiger partial charge in [-0.3, -0.25) is 0 Å². The molecule has 0 aromatic heterocycles. The van der Waals surface area contributed by atoms with E-state index in [0.717, 1.165) is 25.7 Å². The molecule has 1 aromatic rings. The highest BCUT2D eigenvalue weighted by Crippen LogP contribution is 2.18. The van der Waals surface area contributed by atoms with Crippen LogP contribution in [-0.4, -0.2) is 56.1 Å². The quantitative estimate of drug-likeness (QED) is 0.847. The second-order valence-electron chi connectivity index (χ2n) is 5.84. The molecule has 2 unspecified atom stereocenters. The molecule has 1 aliphatic rings. The van der Waals surface area contributed by atoms with Crippen molar-refractivity contribution in [2.45, 2.75) is 24.8 Å². The van der Waals surface area contributed by atoms with E-state index < -0.39 is 0 Å². The van der Waals surface area contributed by atoms with Crippen molar-refractivity contribution < 1.29 is 0 Å². The number of rotatable bonds is 6. The molecule has 0 bridgehead atoms. The predicted octanol–water partition coefficient (Wildman–Crippen LogP) is 1.75. The third-order valence-corrected chi connectivity index (χ3v) is 4.28. The first-order valence-corrected chi connectivity index (χ1v) is 7.34. The molecular formula is C16H27N3. The summed E-state index contributed by atoms with van der Waals surface area (Å²) < 4.78 is 0. The Kier molecular flexibility index (Phi) is 5.37. The van der Waals surface area contributed by atoms with Crippen molar-refractivity contribution in [3.63, 3.8) is 0 Å². The molecule has 1 heterocycles. The number of hydrogen-bond acceptors (Lipinski definition) is 3. The van der Waals surface area contributed by atoms with Gasteiger partial charge < -0.3 is 15.5 Å². The van der Waals surface area contributed by atoms with Gasteiger partial charge in [-0.15, -0.1) is 0 Å². The Bertz CT molecular complexity index is 366. The third-order valence-electron chi connectivity index (χ3n) is 4.28. The molecule has 0 aliphatic carbocycles. The van der Waals surface area contributed by atoms with Gasteiger partial charge in [0.05, 0.1) is 0 Å². The fraction of sp³-hybridized carbons (Fsp3) is 0.625. The van der Waals surface area contributed by atoms with Crippen LogP contribution in [0.25, 0.3) is 0 Å². The smallest absolute Gasteiger partial charge is 0.0220 e. The highest BCUT2D eigenvalue weighted by atomic mass is 15.2. The second kappa shape index (κ2) is 7.04. The average Bonchev–Trinajstić information content (AvgIpc) is 2.82. The first-order valence-electron chi connectivity index (χ1n) is 7.34. The fourth-order valence-electron chi connectivity index (χ4n) is 3.06. The lowest BCUT2D eigenvalue weighted by Crippen LogP contribution is -2.39. The van der Waals surface area contributed by atoms with Gasteiger partial charge in [-0.1, -0.05) is 30.3 Å². The van der Waals surface area contributed by atoms with Crippen LogP contribution in [0.1, 0.15) is 24.3 Å². The minimum absolute atomic E-state index is 0.443. The van der Waals surface area contributed by atoms with Crippen LogP contribution < -0.4 is 5.73 Å². The van der Waals surface area contributed by atoms with Gasteiger partial charge in [0.2, 0.25) is 0 Å². The van der Waals surface area contributed by atoms with Gasteiger partial charge in [-0.2, -0.15) is 0 Å². The largest absolute Gasteiger partial charge is 0.330 e. The third kappa shape index (κ3) is 4.03. The summed E-state index contributed by atoms with van der Waals surface area (Å²) in [5.41, 5.74) is 7.31. The van der Waals surface area contributed by atoms with Crippen molar-refractivity contribution in [2.24, 2.45) is 5.73 Å². The summed E-state index contributed by atoms with van der Waals surface area (Å²) in [6.07, 6.45) is 2.67. The maximum Gasteiger partial charge on any atom is 0.0220 e. The van der Waals surface area contributed by atoms with Crippen LogP contribution in [0.4, 0.5) is 0 Å². The molecule has 3 heteroatoms. The van der Waals surface area contributed by atoms with Crippen LogP contribution in [0.5, 0.6) is 0 Å². The molecule has 19 heavy (non-hydrogen) atoms. The van der Waals surface area contributed by atoms with Crippen molar-refractivity contribution in [3.8, 4) is 0 Å². The summed E-state index contributed by atoms with van der Waals surface area (Å²) in [6.45, 7) is 4.16. The number of likely N-dealkylation sites (tertiary alicyclic amines) is 1. The molecule has 0 saturated carbocycles. The lowest BCUT2D eigenvalue weighted by atomic mass is 9.98. The summed E-state index contributed by atoms with van der Waals surface area (Å²) in [4.78, 5) is 4.92. The van der Waals surface area contributed by atoms with E-state index in [1.54, 1.807) is 0 Å². The first-order chi connectivity index (χ1) is 9.20. The van der Waals surface area contributed by atoms with Gasteiger partial charge in [-0.25, -0.2) is 0 Å². The Morgan fingerprint density at radius 3 is 2.68 bits per heavy atom. The molecular weight excluding hydrogens is 234 g/mol. The molecule has 106 valence electrons. The van der Waals surface area contributed by atoms with E-state index in [1.807, 2.05) is 0 Å². The fourth-order valence-corrected chi connectivity index (χ4v) is 3.06. The molecule has 2 rings (SSSR count). The van der Waals surface area contributed by atoms with Crippen molar-refractivity contribution in [2.75, 3.05) is 40.3 Å². The Morgan fingerprint density at radius 2 is 2.11 bits per heavy atom. The Morgan fingerprint density at radius 1 is 1.37 bits per heavy atom. The lowest BCUT2D eigenvalue weighted by molar-refractivity contribution is 0.213. The highest BCUT2D eigenvalue weighted by molar-refractivity contribution is 5.20. The molecule has 1 aliphatic heterocycles. The minimum atomic E-state index is 0.443. The molecule has 3 nitrogen and oxygen atoms in total. The second-order valence-corrected chi connectivity index (χ2v) is 5.84. The SMILES string of the molecule is CN(CC(CN)c1ccccc1)CC1CCCN1C. The summed E-state index contributed by atoms with van der Waals surface area (Å²) in [5, 5.41) is 0. The first kappa shape index (κ1) is 14.5. The van der Waals surface area contributed by atoms with Crippen molar-refractivity contribution in [1.82, 2.24) is 9.80 Å². The van der Waals surface area contributed by atoms with E-state index in [0.29, 0.717) is 5.92 Å². The van der Waals surface area contributed by atoms with Gasteiger partial charge in [0.1, 0.15) is 0 Å². The Hall–Kier alpha value is -0.900. The average molecular weight is 261 g/mol. The van der Waals surface area contributed by atoms with Gasteiger partial charge in [-0.05, 0) is 39.0 Å². The molecule has 1 aromatic carbocycles. The zero-order valence-electron chi connectivity index (χ0n) is 12.3. The van der Waals surface area contributed by atoms with Crippen LogP contribution in [0.3, 0.4) is 0 Å². The van der Waals surface area contributed by atoms with E-state index in [-0.39, 0.29) is 0 Å². The molecule has 2 N–H and O–H groups in total. The molecule has 1 saturated heterocycles. The maximum atomic E-state index is 5.95. The summed E-state index contributed by atoms with van der Waals surface area (Å²) in [7, 11) is 4.46. The van der Waals surface area contributed by atoms with E-state index in [4.69, 9.17) is 5.73 Å². The standard InChI is InChI=1S/C16H27N3/c1-18(13-16-9-6-10-19(16)2)12-15(11-17)14-7-4-3-5-8-14/h3-5,7-8,15-16H,6,9-13,17H2,1-2H3. The highest BCUT2D eigenvalue weighted by Gasteiger charge is 2.23. The maximum absolute atomic E-state index is 5.95. The monoisotopic (exact) mass is 261 g/mol. The van der Waals surface area contributed by atoms with E-state index in [9.17, 15) is 0 Å². The van der Waals surface area contributed by atoms with Gasteiger partial charge >= 0.3 is 0 Å². The van der Waals surface area contributed by atoms with E-state index in [2.05, 4.69) is 54.2 Å². The normalized spacial score (nSPS) is 22.0. The van der Waals surface area contributed by atoms with Crippen LogP contribution in [-0.2, 0) is 0 Å². The molecule has 0 amide bonds. The van der Waals surface area contributed by atoms with Crippen molar-refractivity contribution in [3.05, 3.63) is 35.9 Å². The van der Waals surface area contributed by atoms with Crippen LogP contribution in [0.15, 0.2) is 30.3 Å². The zero-order valence-corrected chi connectivity index (χ0v) is 12.3. The Balaban J connectivity index is 1.87. The molecule has 0 radical (unpaired) electrons. The van der Waals surface area contributed by atoms with E-state index in [1.165, 1.54) is 24.9 Å². The molecule has 0 spiro atoms. The summed E-state index contributed by atoms with van der Waals surface area (Å²) >= 11 is 0. The van der Waals surface area contributed by atoms with Gasteiger partial charge in [0.25, 0.3) is 0 Å². The van der Waals surface area contributed by atoms with Gasteiger partial charge in [0.15, 0.2) is 0 Å². The summed E-state index contributed by atoms with van der Waals surface area (Å²) in [6, 6.07) is 11.4. The zero-order chi connectivity index (χ0) is 13.7. The lowest BCUT2D eigenvalue weighted by Gasteiger charge is -2.28. The van der Waals surface area contributed by atoms with Crippen LogP contribution in [0.2, 0.25) is 0 Å².